The van der Waals surface area contributed by atoms with E-state index in [2.05, 4.69) is 4.90 Å². The molecule has 1 amide bonds. The van der Waals surface area contributed by atoms with E-state index < -0.39 is 6.10 Å². The van der Waals surface area contributed by atoms with Crippen LogP contribution in [-0.4, -0.2) is 53.5 Å². The number of hydrogen-bond donors (Lipinski definition) is 1. The maximum absolute atomic E-state index is 12.4. The Bertz CT molecular complexity index is 477. The van der Waals surface area contributed by atoms with Crippen molar-refractivity contribution < 1.29 is 9.90 Å². The van der Waals surface area contributed by atoms with Crippen molar-refractivity contribution in [1.82, 2.24) is 9.80 Å². The summed E-state index contributed by atoms with van der Waals surface area (Å²) in [5, 5.41) is 10.3. The minimum Gasteiger partial charge on any atom is -0.387 e. The average molecular weight is 302 g/mol. The van der Waals surface area contributed by atoms with Gasteiger partial charge in [-0.2, -0.15) is 0 Å². The monoisotopic (exact) mass is 302 g/mol. The summed E-state index contributed by atoms with van der Waals surface area (Å²) >= 11 is 0. The summed E-state index contributed by atoms with van der Waals surface area (Å²) in [6.07, 6.45) is 3.74. The molecule has 2 aliphatic rings. The van der Waals surface area contributed by atoms with Crippen LogP contribution < -0.4 is 0 Å². The summed E-state index contributed by atoms with van der Waals surface area (Å²) in [6, 6.07) is 9.81. The van der Waals surface area contributed by atoms with E-state index in [1.54, 1.807) is 0 Å². The minimum atomic E-state index is -0.438. The van der Waals surface area contributed by atoms with Crippen molar-refractivity contribution in [3.05, 3.63) is 35.9 Å². The van der Waals surface area contributed by atoms with Gasteiger partial charge >= 0.3 is 0 Å². The number of hydrogen-bond acceptors (Lipinski definition) is 3. The fraction of sp³-hybridized carbons (Fsp3) is 0.611. The molecule has 0 aromatic heterocycles. The highest BCUT2D eigenvalue weighted by Crippen LogP contribution is 2.23. The standard InChI is InChI=1S/C18H26N2O2/c21-17(15-6-2-1-3-7-15)14-19-12-8-16(9-13-19)18(22)20-10-4-5-11-20/h1-3,6-7,16-17,21H,4-5,8-14H2. The van der Waals surface area contributed by atoms with Crippen LogP contribution in [0.4, 0.5) is 0 Å². The molecule has 0 saturated carbocycles. The molecule has 3 rings (SSSR count). The molecule has 0 bridgehead atoms. The summed E-state index contributed by atoms with van der Waals surface area (Å²) in [7, 11) is 0. The van der Waals surface area contributed by atoms with E-state index in [-0.39, 0.29) is 5.92 Å². The van der Waals surface area contributed by atoms with Crippen molar-refractivity contribution in [2.45, 2.75) is 31.8 Å². The lowest BCUT2D eigenvalue weighted by atomic mass is 9.95. The summed E-state index contributed by atoms with van der Waals surface area (Å²) in [4.78, 5) is 16.7. The van der Waals surface area contributed by atoms with Gasteiger partial charge in [0.25, 0.3) is 0 Å². The molecule has 0 radical (unpaired) electrons. The highest BCUT2D eigenvalue weighted by Gasteiger charge is 2.30. The third-order valence-corrected chi connectivity index (χ3v) is 4.97. The topological polar surface area (TPSA) is 43.8 Å². The number of carbonyl (C=O) groups is 1. The SMILES string of the molecule is O=C(C1CCN(CC(O)c2ccccc2)CC1)N1CCCC1. The molecule has 1 atom stereocenters. The van der Waals surface area contributed by atoms with Crippen molar-refractivity contribution >= 4 is 5.91 Å². The van der Waals surface area contributed by atoms with Crippen LogP contribution in [-0.2, 0) is 4.79 Å². The molecule has 1 aromatic carbocycles. The quantitative estimate of drug-likeness (QED) is 0.926. The van der Waals surface area contributed by atoms with E-state index in [0.717, 1.165) is 57.4 Å². The smallest absolute Gasteiger partial charge is 0.225 e. The number of aliphatic hydroxyl groups is 1. The first kappa shape index (κ1) is 15.5. The third-order valence-electron chi connectivity index (χ3n) is 4.97. The number of nitrogens with zero attached hydrogens (tertiary/aromatic N) is 2. The molecule has 4 nitrogen and oxygen atoms in total. The molecule has 2 heterocycles. The van der Waals surface area contributed by atoms with Gasteiger partial charge in [-0.1, -0.05) is 30.3 Å². The number of aliphatic hydroxyl groups excluding tert-OH is 1. The molecule has 120 valence electrons. The molecule has 0 aliphatic carbocycles. The first-order valence-electron chi connectivity index (χ1n) is 8.48. The largest absolute Gasteiger partial charge is 0.387 e. The highest BCUT2D eigenvalue weighted by molar-refractivity contribution is 5.79. The van der Waals surface area contributed by atoms with Crippen LogP contribution in [0.1, 0.15) is 37.4 Å². The second kappa shape index (κ2) is 7.25. The van der Waals surface area contributed by atoms with Gasteiger partial charge in [-0.05, 0) is 44.3 Å². The number of piperidine rings is 1. The highest BCUT2D eigenvalue weighted by atomic mass is 16.3. The Hall–Kier alpha value is -1.39. The summed E-state index contributed by atoms with van der Waals surface area (Å²) < 4.78 is 0. The van der Waals surface area contributed by atoms with Gasteiger partial charge in [-0.3, -0.25) is 4.79 Å². The van der Waals surface area contributed by atoms with E-state index in [4.69, 9.17) is 0 Å². The summed E-state index contributed by atoms with van der Waals surface area (Å²) in [5.41, 5.74) is 0.970. The van der Waals surface area contributed by atoms with E-state index >= 15 is 0 Å². The molecule has 1 N–H and O–H groups in total. The predicted octanol–water partition coefficient (Wildman–Crippen LogP) is 2.05. The minimum absolute atomic E-state index is 0.197. The maximum atomic E-state index is 12.4. The van der Waals surface area contributed by atoms with Crippen LogP contribution in [0.3, 0.4) is 0 Å². The molecule has 2 aliphatic heterocycles. The zero-order chi connectivity index (χ0) is 15.4. The number of β-amino-alcohol motifs (C(OH)–C–C–N with tert-alkyl or cyclic N) is 1. The lowest BCUT2D eigenvalue weighted by molar-refractivity contribution is -0.136. The molecule has 0 spiro atoms. The molecule has 2 fully saturated rings. The lowest BCUT2D eigenvalue weighted by Crippen LogP contribution is -2.42. The zero-order valence-corrected chi connectivity index (χ0v) is 13.2. The van der Waals surface area contributed by atoms with Gasteiger partial charge in [-0.25, -0.2) is 0 Å². The fourth-order valence-electron chi connectivity index (χ4n) is 3.58. The van der Waals surface area contributed by atoms with Gasteiger partial charge in [0.2, 0.25) is 5.91 Å². The summed E-state index contributed by atoms with van der Waals surface area (Å²) in [6.45, 7) is 4.38. The van der Waals surface area contributed by atoms with E-state index in [1.807, 2.05) is 35.2 Å². The molecule has 1 aromatic rings. The van der Waals surface area contributed by atoms with Crippen LogP contribution in [0, 0.1) is 5.92 Å². The van der Waals surface area contributed by atoms with Crippen molar-refractivity contribution in [3.8, 4) is 0 Å². The second-order valence-corrected chi connectivity index (χ2v) is 6.53. The molecule has 22 heavy (non-hydrogen) atoms. The molecule has 4 heteroatoms. The first-order chi connectivity index (χ1) is 10.7. The van der Waals surface area contributed by atoms with Gasteiger partial charge in [0, 0.05) is 25.6 Å². The van der Waals surface area contributed by atoms with Crippen molar-refractivity contribution in [2.75, 3.05) is 32.7 Å². The molecular weight excluding hydrogens is 276 g/mol. The van der Waals surface area contributed by atoms with Crippen LogP contribution in [0.5, 0.6) is 0 Å². The summed E-state index contributed by atoms with van der Waals surface area (Å²) in [5.74, 6) is 0.559. The number of amides is 1. The normalized spacial score (nSPS) is 22.0. The predicted molar refractivity (Wildman–Crippen MR) is 86.4 cm³/mol. The fourth-order valence-corrected chi connectivity index (χ4v) is 3.58. The van der Waals surface area contributed by atoms with Crippen molar-refractivity contribution in [3.63, 3.8) is 0 Å². The second-order valence-electron chi connectivity index (χ2n) is 6.53. The average Bonchev–Trinajstić information content (AvgIpc) is 3.10. The van der Waals surface area contributed by atoms with Crippen LogP contribution >= 0.6 is 0 Å². The van der Waals surface area contributed by atoms with E-state index in [0.29, 0.717) is 12.5 Å². The Morgan fingerprint density at radius 3 is 2.36 bits per heavy atom. The van der Waals surface area contributed by atoms with Gasteiger partial charge in [-0.15, -0.1) is 0 Å². The van der Waals surface area contributed by atoms with Crippen molar-refractivity contribution in [2.24, 2.45) is 5.92 Å². The molecular formula is C18H26N2O2. The van der Waals surface area contributed by atoms with Crippen LogP contribution in [0.25, 0.3) is 0 Å². The van der Waals surface area contributed by atoms with E-state index in [9.17, 15) is 9.90 Å². The number of likely N-dealkylation sites (tertiary alicyclic amines) is 2. The Kier molecular flexibility index (Phi) is 5.11. The third kappa shape index (κ3) is 3.68. The Morgan fingerprint density at radius 1 is 1.09 bits per heavy atom. The lowest BCUT2D eigenvalue weighted by Gasteiger charge is -2.34. The van der Waals surface area contributed by atoms with Gasteiger partial charge in [0.15, 0.2) is 0 Å². The Labute approximate surface area is 132 Å². The zero-order valence-electron chi connectivity index (χ0n) is 13.2. The Morgan fingerprint density at radius 2 is 1.73 bits per heavy atom. The maximum Gasteiger partial charge on any atom is 0.225 e. The number of carbonyl (C=O) groups excluding carboxylic acids is 1. The first-order valence-corrected chi connectivity index (χ1v) is 8.48. The van der Waals surface area contributed by atoms with Gasteiger partial charge in [0.05, 0.1) is 6.10 Å². The number of benzene rings is 1. The van der Waals surface area contributed by atoms with Crippen LogP contribution in [0.2, 0.25) is 0 Å². The Balaban J connectivity index is 1.46. The van der Waals surface area contributed by atoms with Gasteiger partial charge in [0.1, 0.15) is 0 Å². The van der Waals surface area contributed by atoms with E-state index in [1.165, 1.54) is 0 Å². The number of rotatable bonds is 4. The van der Waals surface area contributed by atoms with Crippen LogP contribution in [0.15, 0.2) is 30.3 Å². The van der Waals surface area contributed by atoms with Crippen molar-refractivity contribution in [1.29, 1.82) is 0 Å². The molecule has 2 saturated heterocycles. The molecule has 1 unspecified atom stereocenters. The van der Waals surface area contributed by atoms with Gasteiger partial charge < -0.3 is 14.9 Å².